The van der Waals surface area contributed by atoms with Crippen molar-refractivity contribution in [2.45, 2.75) is 48.7 Å². The normalized spacial score (nSPS) is 10.3. The van der Waals surface area contributed by atoms with E-state index >= 15 is 0 Å². The summed E-state index contributed by atoms with van der Waals surface area (Å²) >= 11 is 0. The van der Waals surface area contributed by atoms with Crippen LogP contribution >= 0.6 is 7.60 Å². The summed E-state index contributed by atoms with van der Waals surface area (Å²) in [5.41, 5.74) is 1.52. The van der Waals surface area contributed by atoms with Crippen LogP contribution in [0.15, 0.2) is 103 Å². The van der Waals surface area contributed by atoms with E-state index in [0.29, 0.717) is 32.0 Å². The summed E-state index contributed by atoms with van der Waals surface area (Å²) < 4.78 is 41.2. The molecule has 4 aromatic rings. The number of para-hydroxylation sites is 2. The molecule has 1 N–H and O–H groups in total. The van der Waals surface area contributed by atoms with Gasteiger partial charge in [0.25, 0.3) is 0 Å². The van der Waals surface area contributed by atoms with Gasteiger partial charge < -0.3 is 37.5 Å². The molecule has 0 amide bonds. The Morgan fingerprint density at radius 3 is 1.61 bits per heavy atom. The number of hydrogen-bond acceptors (Lipinski definition) is 9. The Labute approximate surface area is 302 Å². The maximum Gasteiger partial charge on any atom is 0.341 e. The van der Waals surface area contributed by atoms with Crippen molar-refractivity contribution in [2.24, 2.45) is 0 Å². The number of rotatable bonds is 18. The SMILES string of the molecule is C.C.CCOC(=O)CP(=O)(OCC)OCC.O=C(O)/C=C/c1cccn1CCOc1ccccc1.O=Cc1cccn1CCOc1ccccc1. The van der Waals surface area contributed by atoms with Crippen LogP contribution in [0.2, 0.25) is 0 Å². The molecule has 0 unspecified atom stereocenters. The van der Waals surface area contributed by atoms with E-state index < -0.39 is 19.5 Å². The molecule has 2 aromatic carbocycles. The number of carbonyl (C=O) groups is 3. The number of aromatic nitrogens is 2. The number of benzene rings is 2. The van der Waals surface area contributed by atoms with Crippen LogP contribution in [0, 0.1) is 0 Å². The first-order valence-corrected chi connectivity index (χ1v) is 17.5. The van der Waals surface area contributed by atoms with Crippen LogP contribution in [0.5, 0.6) is 11.5 Å². The summed E-state index contributed by atoms with van der Waals surface area (Å²) in [5.74, 6) is 0.172. The molecule has 0 spiro atoms. The van der Waals surface area contributed by atoms with Gasteiger partial charge in [-0.15, -0.1) is 0 Å². The average Bonchev–Trinajstić information content (AvgIpc) is 3.75. The average molecular weight is 729 g/mol. The fourth-order valence-electron chi connectivity index (χ4n) is 4.12. The third kappa shape index (κ3) is 19.2. The van der Waals surface area contributed by atoms with Gasteiger partial charge in [-0.3, -0.25) is 14.2 Å². The molecule has 0 saturated heterocycles. The Bertz CT molecular complexity index is 1580. The minimum Gasteiger partial charge on any atom is -0.492 e. The molecule has 280 valence electrons. The van der Waals surface area contributed by atoms with Crippen LogP contribution < -0.4 is 9.47 Å². The van der Waals surface area contributed by atoms with Crippen molar-refractivity contribution in [1.82, 2.24) is 9.13 Å². The first-order chi connectivity index (χ1) is 23.7. The standard InChI is InChI=1S/C15H15NO3.C13H13NO2.C8H17O5P.2CH4/c17-15(18)9-8-13-5-4-10-16(13)11-12-19-14-6-2-1-3-7-14;15-11-12-5-4-8-14(12)9-10-16-13-6-2-1-3-7-13;1-4-11-8(9)7-14(10,12-5-2)13-6-3;;/h1-10H,11-12H2,(H,17,18);1-8,11H,9-10H2;4-7H2,1-3H3;2*1H4/b9-8+;;;;. The van der Waals surface area contributed by atoms with Gasteiger partial charge in [0, 0.05) is 24.2 Å². The number of ether oxygens (including phenoxy) is 3. The summed E-state index contributed by atoms with van der Waals surface area (Å²) in [4.78, 5) is 32.2. The molecule has 0 radical (unpaired) electrons. The molecule has 51 heavy (non-hydrogen) atoms. The molecule has 0 atom stereocenters. The van der Waals surface area contributed by atoms with E-state index in [0.717, 1.165) is 29.6 Å². The molecular formula is C38H53N2O10P. The number of aldehydes is 1. The van der Waals surface area contributed by atoms with Gasteiger partial charge >= 0.3 is 19.5 Å². The predicted octanol–water partition coefficient (Wildman–Crippen LogP) is 8.13. The van der Waals surface area contributed by atoms with Crippen molar-refractivity contribution in [3.8, 4) is 11.5 Å². The highest BCUT2D eigenvalue weighted by Gasteiger charge is 2.28. The minimum absolute atomic E-state index is 0. The lowest BCUT2D eigenvalue weighted by molar-refractivity contribution is -0.140. The second-order valence-corrected chi connectivity index (χ2v) is 11.8. The Balaban J connectivity index is 0.000000731. The van der Waals surface area contributed by atoms with Gasteiger partial charge in [0.05, 0.1) is 38.6 Å². The molecule has 0 aliphatic carbocycles. The largest absolute Gasteiger partial charge is 0.492 e. The number of hydrogen-bond donors (Lipinski definition) is 1. The third-order valence-electron chi connectivity index (χ3n) is 6.21. The zero-order valence-electron chi connectivity index (χ0n) is 28.1. The van der Waals surface area contributed by atoms with Crippen LogP contribution in [-0.4, -0.2) is 71.7 Å². The Morgan fingerprint density at radius 1 is 0.706 bits per heavy atom. The lowest BCUT2D eigenvalue weighted by atomic mass is 10.3. The number of carboxylic acid groups (broad SMARTS) is 1. The van der Waals surface area contributed by atoms with Gasteiger partial charge in [0.1, 0.15) is 30.9 Å². The van der Waals surface area contributed by atoms with Gasteiger partial charge in [-0.1, -0.05) is 51.3 Å². The second-order valence-electron chi connectivity index (χ2n) is 9.77. The number of nitrogens with zero attached hydrogens (tertiary/aromatic N) is 2. The maximum atomic E-state index is 11.8. The van der Waals surface area contributed by atoms with E-state index in [4.69, 9.17) is 23.6 Å². The molecule has 2 heterocycles. The van der Waals surface area contributed by atoms with Gasteiger partial charge in [-0.25, -0.2) is 4.79 Å². The molecule has 13 heteroatoms. The van der Waals surface area contributed by atoms with Crippen molar-refractivity contribution in [2.75, 3.05) is 39.2 Å². The Kier molecular flexibility index (Phi) is 24.3. The summed E-state index contributed by atoms with van der Waals surface area (Å²) in [6, 6.07) is 26.6. The molecule has 12 nitrogen and oxygen atoms in total. The molecule has 4 rings (SSSR count). The molecule has 0 saturated carbocycles. The number of aliphatic carboxylic acids is 1. The smallest absolute Gasteiger partial charge is 0.341 e. The predicted molar refractivity (Wildman–Crippen MR) is 201 cm³/mol. The lowest BCUT2D eigenvalue weighted by Gasteiger charge is -2.15. The minimum atomic E-state index is -3.28. The van der Waals surface area contributed by atoms with Crippen LogP contribution in [-0.2, 0) is 41.0 Å². The summed E-state index contributed by atoms with van der Waals surface area (Å²) in [5, 5.41) is 8.61. The molecule has 2 aromatic heterocycles. The first-order valence-electron chi connectivity index (χ1n) is 15.8. The molecular weight excluding hydrogens is 675 g/mol. The zero-order valence-corrected chi connectivity index (χ0v) is 29.0. The summed E-state index contributed by atoms with van der Waals surface area (Å²) in [6.07, 6.45) is 7.01. The van der Waals surface area contributed by atoms with Crippen LogP contribution in [0.3, 0.4) is 0 Å². The quantitative estimate of drug-likeness (QED) is 0.0461. The monoisotopic (exact) mass is 728 g/mol. The van der Waals surface area contributed by atoms with Crippen molar-refractivity contribution < 1.29 is 47.3 Å². The van der Waals surface area contributed by atoms with Crippen molar-refractivity contribution >= 4 is 31.9 Å². The van der Waals surface area contributed by atoms with Crippen LogP contribution in [0.4, 0.5) is 0 Å². The fourth-order valence-corrected chi connectivity index (χ4v) is 5.57. The van der Waals surface area contributed by atoms with Crippen molar-refractivity contribution in [3.05, 3.63) is 115 Å². The van der Waals surface area contributed by atoms with E-state index in [2.05, 4.69) is 4.74 Å². The Morgan fingerprint density at radius 2 is 1.18 bits per heavy atom. The highest BCUT2D eigenvalue weighted by molar-refractivity contribution is 7.54. The van der Waals surface area contributed by atoms with Crippen LogP contribution in [0.25, 0.3) is 6.08 Å². The van der Waals surface area contributed by atoms with E-state index in [1.54, 1.807) is 32.9 Å². The molecule has 0 fully saturated rings. The highest BCUT2D eigenvalue weighted by atomic mass is 31.2. The van der Waals surface area contributed by atoms with E-state index in [1.807, 2.05) is 100 Å². The van der Waals surface area contributed by atoms with E-state index in [-0.39, 0.29) is 40.8 Å². The molecule has 0 aliphatic heterocycles. The third-order valence-corrected chi connectivity index (χ3v) is 8.16. The van der Waals surface area contributed by atoms with Crippen molar-refractivity contribution in [1.29, 1.82) is 0 Å². The summed E-state index contributed by atoms with van der Waals surface area (Å²) in [7, 11) is -3.28. The first kappa shape index (κ1) is 46.1. The molecule has 0 aliphatic rings. The molecule has 0 bridgehead atoms. The lowest BCUT2D eigenvalue weighted by Crippen LogP contribution is -2.12. The van der Waals surface area contributed by atoms with Crippen molar-refractivity contribution in [3.63, 3.8) is 0 Å². The maximum absolute atomic E-state index is 11.8. The fraction of sp³-hybridized carbons (Fsp3) is 0.342. The van der Waals surface area contributed by atoms with Gasteiger partial charge in [-0.2, -0.15) is 0 Å². The number of carboxylic acids is 1. The summed E-state index contributed by atoms with van der Waals surface area (Å²) in [6.45, 7) is 8.26. The van der Waals surface area contributed by atoms with Gasteiger partial charge in [0.2, 0.25) is 0 Å². The second kappa shape index (κ2) is 26.9. The number of carbonyl (C=O) groups excluding carboxylic acids is 2. The topological polar surface area (TPSA) is 145 Å². The zero-order chi connectivity index (χ0) is 35.7. The number of esters is 1. The Hall–Kier alpha value is -4.90. The van der Waals surface area contributed by atoms with Gasteiger partial charge in [-0.05, 0) is 75.4 Å². The van der Waals surface area contributed by atoms with Gasteiger partial charge in [0.15, 0.2) is 6.29 Å². The van der Waals surface area contributed by atoms with E-state index in [1.165, 1.54) is 0 Å². The highest BCUT2D eigenvalue weighted by Crippen LogP contribution is 2.47. The van der Waals surface area contributed by atoms with Crippen LogP contribution in [0.1, 0.15) is 51.8 Å². The van der Waals surface area contributed by atoms with E-state index in [9.17, 15) is 18.9 Å².